The summed E-state index contributed by atoms with van der Waals surface area (Å²) in [5, 5.41) is 3.60. The van der Waals surface area contributed by atoms with Gasteiger partial charge in [-0.3, -0.25) is 0 Å². The fraction of sp³-hybridized carbons (Fsp3) is 1.00. The van der Waals surface area contributed by atoms with Gasteiger partial charge in [0.15, 0.2) is 0 Å². The highest BCUT2D eigenvalue weighted by molar-refractivity contribution is 7.90. The van der Waals surface area contributed by atoms with Crippen LogP contribution in [0.5, 0.6) is 0 Å². The van der Waals surface area contributed by atoms with Crippen LogP contribution in [0.4, 0.5) is 0 Å². The Morgan fingerprint density at radius 1 is 1.31 bits per heavy atom. The lowest BCUT2D eigenvalue weighted by molar-refractivity contribution is 0.147. The topological polar surface area (TPSA) is 46.2 Å². The van der Waals surface area contributed by atoms with Crippen molar-refractivity contribution in [2.45, 2.75) is 52.0 Å². The zero-order valence-electron chi connectivity index (χ0n) is 11.0. The first-order valence-electron chi connectivity index (χ1n) is 6.09. The monoisotopic (exact) mass is 247 g/mol. The van der Waals surface area contributed by atoms with Gasteiger partial charge in [-0.1, -0.05) is 20.8 Å². The first kappa shape index (κ1) is 14.0. The van der Waals surface area contributed by atoms with Gasteiger partial charge in [0.1, 0.15) is 9.84 Å². The van der Waals surface area contributed by atoms with E-state index in [9.17, 15) is 8.42 Å². The van der Waals surface area contributed by atoms with Crippen LogP contribution in [0.2, 0.25) is 0 Å². The van der Waals surface area contributed by atoms with Crippen LogP contribution in [-0.4, -0.2) is 32.5 Å². The average Bonchev–Trinajstić information content (AvgIpc) is 2.50. The predicted molar refractivity (Wildman–Crippen MR) is 68.4 cm³/mol. The van der Waals surface area contributed by atoms with E-state index < -0.39 is 9.84 Å². The molecule has 1 saturated heterocycles. The molecule has 1 unspecified atom stereocenters. The Bertz CT molecular complexity index is 321. The Labute approximate surface area is 99.9 Å². The fourth-order valence-electron chi connectivity index (χ4n) is 2.67. The van der Waals surface area contributed by atoms with Gasteiger partial charge in [0, 0.05) is 17.5 Å². The standard InChI is InChI=1S/C12H25NO2S/c1-11(2,3)12(7-5-9-13-12)8-6-10-16(4,14)15/h13H,5-10H2,1-4H3. The SMILES string of the molecule is CC(C)(C)C1(CCCS(C)(=O)=O)CCCN1. The number of hydrogen-bond donors (Lipinski definition) is 1. The van der Waals surface area contributed by atoms with Crippen molar-refractivity contribution in [2.24, 2.45) is 5.41 Å². The molecule has 0 saturated carbocycles. The van der Waals surface area contributed by atoms with Gasteiger partial charge in [-0.15, -0.1) is 0 Å². The van der Waals surface area contributed by atoms with Gasteiger partial charge >= 0.3 is 0 Å². The lowest BCUT2D eigenvalue weighted by atomic mass is 9.70. The molecule has 1 atom stereocenters. The van der Waals surface area contributed by atoms with Crippen LogP contribution in [0.1, 0.15) is 46.5 Å². The molecule has 96 valence electrons. The van der Waals surface area contributed by atoms with E-state index in [0.717, 1.165) is 19.4 Å². The van der Waals surface area contributed by atoms with Crippen LogP contribution in [-0.2, 0) is 9.84 Å². The van der Waals surface area contributed by atoms with Crippen LogP contribution in [0.25, 0.3) is 0 Å². The average molecular weight is 247 g/mol. The van der Waals surface area contributed by atoms with Gasteiger partial charge in [-0.2, -0.15) is 0 Å². The van der Waals surface area contributed by atoms with E-state index >= 15 is 0 Å². The second kappa shape index (κ2) is 4.65. The highest BCUT2D eigenvalue weighted by Gasteiger charge is 2.43. The molecule has 1 heterocycles. The summed E-state index contributed by atoms with van der Waals surface area (Å²) in [5.41, 5.74) is 0.332. The van der Waals surface area contributed by atoms with Crippen molar-refractivity contribution in [3.63, 3.8) is 0 Å². The third-order valence-electron chi connectivity index (χ3n) is 3.80. The summed E-state index contributed by atoms with van der Waals surface area (Å²) in [7, 11) is -2.82. The maximum atomic E-state index is 11.1. The summed E-state index contributed by atoms with van der Waals surface area (Å²) in [6, 6.07) is 0. The number of rotatable bonds is 4. The molecular weight excluding hydrogens is 222 g/mol. The molecule has 0 radical (unpaired) electrons. The number of sulfone groups is 1. The quantitative estimate of drug-likeness (QED) is 0.826. The van der Waals surface area contributed by atoms with Crippen molar-refractivity contribution in [3.8, 4) is 0 Å². The van der Waals surface area contributed by atoms with Crippen LogP contribution in [0.3, 0.4) is 0 Å². The van der Waals surface area contributed by atoms with Crippen LogP contribution in [0, 0.1) is 5.41 Å². The molecular formula is C12H25NO2S. The largest absolute Gasteiger partial charge is 0.311 e. The second-order valence-electron chi connectivity index (χ2n) is 6.10. The molecule has 0 spiro atoms. The van der Waals surface area contributed by atoms with Crippen molar-refractivity contribution in [1.29, 1.82) is 0 Å². The van der Waals surface area contributed by atoms with E-state index in [0.29, 0.717) is 5.75 Å². The van der Waals surface area contributed by atoms with Crippen molar-refractivity contribution in [2.75, 3.05) is 18.6 Å². The molecule has 1 rings (SSSR count). The van der Waals surface area contributed by atoms with Gasteiger partial charge < -0.3 is 5.32 Å². The minimum Gasteiger partial charge on any atom is -0.311 e. The van der Waals surface area contributed by atoms with E-state index in [4.69, 9.17) is 0 Å². The Hall–Kier alpha value is -0.0900. The summed E-state index contributed by atoms with van der Waals surface area (Å²) in [6.07, 6.45) is 5.42. The van der Waals surface area contributed by atoms with E-state index in [2.05, 4.69) is 26.1 Å². The van der Waals surface area contributed by atoms with E-state index in [1.165, 1.54) is 19.1 Å². The molecule has 4 heteroatoms. The highest BCUT2D eigenvalue weighted by Crippen LogP contribution is 2.40. The zero-order valence-corrected chi connectivity index (χ0v) is 11.8. The number of hydrogen-bond acceptors (Lipinski definition) is 3. The van der Waals surface area contributed by atoms with Crippen LogP contribution < -0.4 is 5.32 Å². The lowest BCUT2D eigenvalue weighted by Gasteiger charge is -2.42. The molecule has 1 fully saturated rings. The van der Waals surface area contributed by atoms with Crippen LogP contribution >= 0.6 is 0 Å². The summed E-state index contributed by atoms with van der Waals surface area (Å²) in [6.45, 7) is 7.79. The molecule has 0 aliphatic carbocycles. The molecule has 0 bridgehead atoms. The Balaban J connectivity index is 2.60. The van der Waals surface area contributed by atoms with Crippen molar-refractivity contribution >= 4 is 9.84 Å². The van der Waals surface area contributed by atoms with Gasteiger partial charge in [0.05, 0.1) is 0 Å². The Kier molecular flexibility index (Phi) is 4.06. The highest BCUT2D eigenvalue weighted by atomic mass is 32.2. The predicted octanol–water partition coefficient (Wildman–Crippen LogP) is 1.98. The van der Waals surface area contributed by atoms with Crippen molar-refractivity contribution in [3.05, 3.63) is 0 Å². The smallest absolute Gasteiger partial charge is 0.147 e. The third kappa shape index (κ3) is 3.45. The van der Waals surface area contributed by atoms with Crippen molar-refractivity contribution < 1.29 is 8.42 Å². The summed E-state index contributed by atoms with van der Waals surface area (Å²) in [5.74, 6) is 0.312. The molecule has 16 heavy (non-hydrogen) atoms. The molecule has 0 aromatic rings. The second-order valence-corrected chi connectivity index (χ2v) is 8.36. The van der Waals surface area contributed by atoms with Gasteiger partial charge in [0.25, 0.3) is 0 Å². The van der Waals surface area contributed by atoms with E-state index in [-0.39, 0.29) is 11.0 Å². The zero-order chi connectivity index (χ0) is 12.4. The first-order valence-corrected chi connectivity index (χ1v) is 8.15. The minimum atomic E-state index is -2.82. The summed E-state index contributed by atoms with van der Waals surface area (Å²) < 4.78 is 22.3. The minimum absolute atomic E-state index is 0.137. The molecule has 0 aromatic carbocycles. The molecule has 1 N–H and O–H groups in total. The van der Waals surface area contributed by atoms with E-state index in [1.54, 1.807) is 0 Å². The summed E-state index contributed by atoms with van der Waals surface area (Å²) in [4.78, 5) is 0. The fourth-order valence-corrected chi connectivity index (χ4v) is 3.34. The molecule has 1 aliphatic rings. The third-order valence-corrected chi connectivity index (χ3v) is 4.83. The van der Waals surface area contributed by atoms with Crippen LogP contribution in [0.15, 0.2) is 0 Å². The Morgan fingerprint density at radius 2 is 1.94 bits per heavy atom. The molecule has 3 nitrogen and oxygen atoms in total. The normalized spacial score (nSPS) is 27.2. The van der Waals surface area contributed by atoms with Gasteiger partial charge in [-0.25, -0.2) is 8.42 Å². The summed E-state index contributed by atoms with van der Waals surface area (Å²) >= 11 is 0. The van der Waals surface area contributed by atoms with Crippen molar-refractivity contribution in [1.82, 2.24) is 5.32 Å². The first-order chi connectivity index (χ1) is 7.16. The molecule has 0 amide bonds. The number of nitrogens with one attached hydrogen (secondary N) is 1. The maximum Gasteiger partial charge on any atom is 0.147 e. The van der Waals surface area contributed by atoms with Gasteiger partial charge in [-0.05, 0) is 37.6 Å². The lowest BCUT2D eigenvalue weighted by Crippen LogP contribution is -2.51. The molecule has 0 aromatic heterocycles. The Morgan fingerprint density at radius 3 is 2.31 bits per heavy atom. The van der Waals surface area contributed by atoms with E-state index in [1.807, 2.05) is 0 Å². The maximum absolute atomic E-state index is 11.1. The van der Waals surface area contributed by atoms with Gasteiger partial charge in [0.2, 0.25) is 0 Å². The molecule has 1 aliphatic heterocycles.